The van der Waals surface area contributed by atoms with Crippen molar-refractivity contribution in [2.75, 3.05) is 10.6 Å². The van der Waals surface area contributed by atoms with E-state index in [1.54, 1.807) is 54.6 Å². The minimum Gasteiger partial charge on any atom is -0.399 e. The molecule has 1 aliphatic heterocycles. The summed E-state index contributed by atoms with van der Waals surface area (Å²) in [6.45, 7) is 0. The fourth-order valence-electron chi connectivity index (χ4n) is 3.05. The number of benzene rings is 3. The van der Waals surface area contributed by atoms with E-state index < -0.39 is 11.8 Å². The molecular formula is C19H11N3O2. The minimum atomic E-state index is -0.405. The Bertz CT molecular complexity index is 1040. The highest BCUT2D eigenvalue weighted by molar-refractivity contribution is 6.36. The summed E-state index contributed by atoms with van der Waals surface area (Å²) >= 11 is 0. The molecule has 114 valence electrons. The van der Waals surface area contributed by atoms with Gasteiger partial charge in [-0.2, -0.15) is 5.26 Å². The van der Waals surface area contributed by atoms with Gasteiger partial charge in [-0.1, -0.05) is 12.1 Å². The molecule has 1 aliphatic rings. The molecule has 0 fully saturated rings. The molecule has 5 nitrogen and oxygen atoms in total. The van der Waals surface area contributed by atoms with Gasteiger partial charge in [0.1, 0.15) is 0 Å². The van der Waals surface area contributed by atoms with Crippen LogP contribution in [0.4, 0.5) is 11.4 Å². The topological polar surface area (TPSA) is 87.2 Å². The summed E-state index contributed by atoms with van der Waals surface area (Å²) in [5.41, 5.74) is 7.96. The van der Waals surface area contributed by atoms with Crippen molar-refractivity contribution in [3.05, 3.63) is 71.3 Å². The maximum atomic E-state index is 12.9. The first-order chi connectivity index (χ1) is 11.6. The van der Waals surface area contributed by atoms with Crippen LogP contribution in [0.15, 0.2) is 54.6 Å². The standard InChI is InChI=1S/C19H11N3O2/c20-10-11-4-9-16-17-14(11)2-1-3-15(17)18(23)22(19(16)24)13-7-5-12(21)6-8-13/h1-9H,21H2. The van der Waals surface area contributed by atoms with Crippen LogP contribution in [-0.4, -0.2) is 11.8 Å². The fraction of sp³-hybridized carbons (Fsp3) is 0. The van der Waals surface area contributed by atoms with Gasteiger partial charge in [0.05, 0.1) is 17.3 Å². The van der Waals surface area contributed by atoms with E-state index in [0.29, 0.717) is 38.8 Å². The zero-order valence-corrected chi connectivity index (χ0v) is 12.5. The van der Waals surface area contributed by atoms with Gasteiger partial charge in [-0.05, 0) is 42.5 Å². The number of carbonyl (C=O) groups excluding carboxylic acids is 2. The molecule has 4 rings (SSSR count). The lowest BCUT2D eigenvalue weighted by atomic mass is 9.91. The van der Waals surface area contributed by atoms with Crippen molar-refractivity contribution >= 4 is 34.0 Å². The Balaban J connectivity index is 2.00. The monoisotopic (exact) mass is 313 g/mol. The predicted molar refractivity (Wildman–Crippen MR) is 90.7 cm³/mol. The second-order valence-electron chi connectivity index (χ2n) is 5.54. The molecular weight excluding hydrogens is 302 g/mol. The van der Waals surface area contributed by atoms with Gasteiger partial charge < -0.3 is 5.73 Å². The molecule has 2 amide bonds. The molecule has 0 aromatic heterocycles. The molecule has 24 heavy (non-hydrogen) atoms. The molecule has 5 heteroatoms. The van der Waals surface area contributed by atoms with Crippen molar-refractivity contribution in [3.8, 4) is 6.07 Å². The Labute approximate surface area is 137 Å². The molecule has 0 spiro atoms. The number of nitrogen functional groups attached to an aromatic ring is 1. The Hall–Kier alpha value is -3.65. The number of nitrogens with zero attached hydrogens (tertiary/aromatic N) is 2. The Morgan fingerprint density at radius 2 is 1.54 bits per heavy atom. The molecule has 0 bridgehead atoms. The van der Waals surface area contributed by atoms with Crippen LogP contribution in [0.25, 0.3) is 10.8 Å². The third-order valence-corrected chi connectivity index (χ3v) is 4.18. The molecule has 1 heterocycles. The van der Waals surface area contributed by atoms with Crippen LogP contribution < -0.4 is 10.6 Å². The van der Waals surface area contributed by atoms with E-state index in [0.717, 1.165) is 4.90 Å². The van der Waals surface area contributed by atoms with Gasteiger partial charge in [-0.3, -0.25) is 9.59 Å². The number of hydrogen-bond acceptors (Lipinski definition) is 4. The lowest BCUT2D eigenvalue weighted by molar-refractivity contribution is 0.0893. The molecule has 0 unspecified atom stereocenters. The van der Waals surface area contributed by atoms with Crippen molar-refractivity contribution in [2.24, 2.45) is 0 Å². The number of nitrogens with two attached hydrogens (primary N) is 1. The number of imide groups is 1. The number of carbonyl (C=O) groups is 2. The predicted octanol–water partition coefficient (Wildman–Crippen LogP) is 3.09. The first-order valence-corrected chi connectivity index (χ1v) is 7.32. The highest BCUT2D eigenvalue weighted by Crippen LogP contribution is 2.34. The lowest BCUT2D eigenvalue weighted by Gasteiger charge is -2.27. The number of nitriles is 1. The van der Waals surface area contributed by atoms with E-state index in [1.807, 2.05) is 0 Å². The van der Waals surface area contributed by atoms with Crippen LogP contribution in [-0.2, 0) is 0 Å². The Morgan fingerprint density at radius 3 is 2.21 bits per heavy atom. The highest BCUT2D eigenvalue weighted by Gasteiger charge is 2.34. The fourth-order valence-corrected chi connectivity index (χ4v) is 3.05. The molecule has 2 N–H and O–H groups in total. The highest BCUT2D eigenvalue weighted by atomic mass is 16.2. The van der Waals surface area contributed by atoms with Crippen LogP contribution in [0.3, 0.4) is 0 Å². The maximum Gasteiger partial charge on any atom is 0.265 e. The van der Waals surface area contributed by atoms with Crippen molar-refractivity contribution in [1.82, 2.24) is 0 Å². The van der Waals surface area contributed by atoms with Gasteiger partial charge in [-0.15, -0.1) is 0 Å². The van der Waals surface area contributed by atoms with E-state index >= 15 is 0 Å². The summed E-state index contributed by atoms with van der Waals surface area (Å²) < 4.78 is 0. The molecule has 0 radical (unpaired) electrons. The second kappa shape index (κ2) is 4.93. The minimum absolute atomic E-state index is 0.405. The van der Waals surface area contributed by atoms with Crippen LogP contribution in [0, 0.1) is 11.3 Å². The molecule has 0 saturated heterocycles. The first-order valence-electron chi connectivity index (χ1n) is 7.32. The smallest absolute Gasteiger partial charge is 0.265 e. The molecule has 0 atom stereocenters. The van der Waals surface area contributed by atoms with E-state index in [1.165, 1.54) is 0 Å². The second-order valence-corrected chi connectivity index (χ2v) is 5.54. The number of amides is 2. The van der Waals surface area contributed by atoms with Crippen LogP contribution >= 0.6 is 0 Å². The maximum absolute atomic E-state index is 12.9. The van der Waals surface area contributed by atoms with E-state index in [4.69, 9.17) is 5.73 Å². The normalized spacial score (nSPS) is 13.2. The summed E-state index contributed by atoms with van der Waals surface area (Å²) in [5.74, 6) is -0.809. The first kappa shape index (κ1) is 14.0. The Kier molecular flexibility index (Phi) is 2.87. The van der Waals surface area contributed by atoms with Crippen molar-refractivity contribution < 1.29 is 9.59 Å². The summed E-state index contributed by atoms with van der Waals surface area (Å²) in [6, 6.07) is 17.0. The molecule has 0 saturated carbocycles. The largest absolute Gasteiger partial charge is 0.399 e. The average Bonchev–Trinajstić information content (AvgIpc) is 2.61. The van der Waals surface area contributed by atoms with Crippen LogP contribution in [0.2, 0.25) is 0 Å². The third-order valence-electron chi connectivity index (χ3n) is 4.18. The van der Waals surface area contributed by atoms with Crippen LogP contribution in [0.1, 0.15) is 26.3 Å². The van der Waals surface area contributed by atoms with Gasteiger partial charge in [-0.25, -0.2) is 4.90 Å². The zero-order chi connectivity index (χ0) is 16.8. The average molecular weight is 313 g/mol. The van der Waals surface area contributed by atoms with Crippen molar-refractivity contribution in [3.63, 3.8) is 0 Å². The van der Waals surface area contributed by atoms with Gasteiger partial charge in [0.25, 0.3) is 11.8 Å². The number of anilines is 2. The van der Waals surface area contributed by atoms with Crippen molar-refractivity contribution in [2.45, 2.75) is 0 Å². The summed E-state index contributed by atoms with van der Waals surface area (Å²) in [5, 5.41) is 10.4. The zero-order valence-electron chi connectivity index (χ0n) is 12.5. The summed E-state index contributed by atoms with van der Waals surface area (Å²) in [7, 11) is 0. The van der Waals surface area contributed by atoms with Gasteiger partial charge >= 0.3 is 0 Å². The van der Waals surface area contributed by atoms with Gasteiger partial charge in [0.2, 0.25) is 0 Å². The van der Waals surface area contributed by atoms with E-state index in [-0.39, 0.29) is 0 Å². The number of rotatable bonds is 1. The molecule has 3 aromatic rings. The van der Waals surface area contributed by atoms with Crippen LogP contribution in [0.5, 0.6) is 0 Å². The van der Waals surface area contributed by atoms with Gasteiger partial charge in [0.15, 0.2) is 0 Å². The SMILES string of the molecule is N#Cc1ccc2c3c(cccc13)C(=O)N(c1ccc(N)cc1)C2=O. The van der Waals surface area contributed by atoms with Crippen molar-refractivity contribution in [1.29, 1.82) is 5.26 Å². The summed E-state index contributed by atoms with van der Waals surface area (Å²) in [6.07, 6.45) is 0. The third kappa shape index (κ3) is 1.80. The van der Waals surface area contributed by atoms with E-state index in [2.05, 4.69) is 6.07 Å². The molecule has 0 aliphatic carbocycles. The summed E-state index contributed by atoms with van der Waals surface area (Å²) in [4.78, 5) is 26.9. The molecule has 3 aromatic carbocycles. The van der Waals surface area contributed by atoms with E-state index in [9.17, 15) is 14.9 Å². The lowest BCUT2D eigenvalue weighted by Crippen LogP contribution is -2.40. The Morgan fingerprint density at radius 1 is 0.875 bits per heavy atom. The quantitative estimate of drug-likeness (QED) is 0.552. The number of hydrogen-bond donors (Lipinski definition) is 1. The van der Waals surface area contributed by atoms with Gasteiger partial charge in [0, 0.05) is 27.6 Å².